The summed E-state index contributed by atoms with van der Waals surface area (Å²) >= 11 is 0. The van der Waals surface area contributed by atoms with E-state index < -0.39 is 0 Å². The highest BCUT2D eigenvalue weighted by Gasteiger charge is 2.25. The molecule has 5 rings (SSSR count). The molecule has 3 aromatic heterocycles. The average molecular weight is 473 g/mol. The molecular weight excluding hydrogens is 436 g/mol. The van der Waals surface area contributed by atoms with Crippen LogP contribution in [0, 0.1) is 13.8 Å². The van der Waals surface area contributed by atoms with Crippen molar-refractivity contribution in [3.8, 4) is 11.3 Å². The molecular formula is C28H36N6O. The molecule has 1 fully saturated rings. The molecule has 0 aliphatic heterocycles. The number of likely N-dealkylation sites (N-methyl/N-ethyl adjacent to an activating group) is 1. The number of hydrogen-bond acceptors (Lipinski definition) is 4. The lowest BCUT2D eigenvalue weighted by Gasteiger charge is -2.29. The van der Waals surface area contributed by atoms with Gasteiger partial charge in [0, 0.05) is 28.7 Å². The molecule has 3 N–H and O–H groups in total. The van der Waals surface area contributed by atoms with Gasteiger partial charge in [0.15, 0.2) is 5.65 Å². The monoisotopic (exact) mass is 472 g/mol. The molecule has 1 aliphatic carbocycles. The second-order valence-corrected chi connectivity index (χ2v) is 10.3. The zero-order chi connectivity index (χ0) is 24.7. The maximum atomic E-state index is 11.9. The van der Waals surface area contributed by atoms with Gasteiger partial charge < -0.3 is 15.6 Å². The molecule has 1 saturated carbocycles. The molecule has 1 aromatic carbocycles. The minimum Gasteiger partial charge on any atom is -0.354 e. The molecule has 0 atom stereocenters. The highest BCUT2D eigenvalue weighted by Crippen LogP contribution is 2.40. The number of hydrogen-bond donors (Lipinski definition) is 3. The van der Waals surface area contributed by atoms with Crippen molar-refractivity contribution in [1.82, 2.24) is 30.2 Å². The van der Waals surface area contributed by atoms with Gasteiger partial charge in [0.1, 0.15) is 6.33 Å². The van der Waals surface area contributed by atoms with Crippen molar-refractivity contribution >= 4 is 22.5 Å². The molecule has 184 valence electrons. The predicted molar refractivity (Wildman–Crippen MR) is 141 cm³/mol. The molecule has 0 saturated heterocycles. The Morgan fingerprint density at radius 3 is 2.66 bits per heavy atom. The number of nitrogens with one attached hydrogen (secondary N) is 3. The van der Waals surface area contributed by atoms with Crippen LogP contribution in [0.4, 0.5) is 0 Å². The second kappa shape index (κ2) is 9.46. The quantitative estimate of drug-likeness (QED) is 0.369. The van der Waals surface area contributed by atoms with E-state index in [1.807, 2.05) is 4.52 Å². The van der Waals surface area contributed by atoms with Gasteiger partial charge in [-0.05, 0) is 92.8 Å². The largest absolute Gasteiger partial charge is 0.354 e. The van der Waals surface area contributed by atoms with Crippen LogP contribution in [0.2, 0.25) is 0 Å². The zero-order valence-electron chi connectivity index (χ0n) is 21.4. The lowest BCUT2D eigenvalue weighted by molar-refractivity contribution is -0.121. The van der Waals surface area contributed by atoms with Gasteiger partial charge in [0.05, 0.1) is 12.2 Å². The number of carbonyl (C=O) groups is 1. The molecule has 35 heavy (non-hydrogen) atoms. The third-order valence-electron chi connectivity index (χ3n) is 7.74. The van der Waals surface area contributed by atoms with Gasteiger partial charge in [-0.3, -0.25) is 4.79 Å². The highest BCUT2D eigenvalue weighted by atomic mass is 16.1. The Labute approximate surface area is 206 Å². The Morgan fingerprint density at radius 2 is 1.94 bits per heavy atom. The molecule has 1 amide bonds. The Kier molecular flexibility index (Phi) is 6.36. The van der Waals surface area contributed by atoms with Crippen LogP contribution in [-0.2, 0) is 4.79 Å². The number of benzene rings is 1. The fourth-order valence-electron chi connectivity index (χ4n) is 5.76. The van der Waals surface area contributed by atoms with Gasteiger partial charge in [-0.2, -0.15) is 5.10 Å². The normalized spacial score (nSPS) is 18.6. The van der Waals surface area contributed by atoms with Crippen molar-refractivity contribution < 1.29 is 4.79 Å². The first-order chi connectivity index (χ1) is 16.9. The molecule has 0 radical (unpaired) electrons. The molecule has 3 heterocycles. The number of aromatic nitrogens is 4. The van der Waals surface area contributed by atoms with Gasteiger partial charge in [0.25, 0.3) is 0 Å². The van der Waals surface area contributed by atoms with Crippen molar-refractivity contribution in [1.29, 1.82) is 0 Å². The van der Waals surface area contributed by atoms with Crippen molar-refractivity contribution in [3.05, 3.63) is 53.0 Å². The summed E-state index contributed by atoms with van der Waals surface area (Å²) in [6.07, 6.45) is 7.99. The first-order valence-corrected chi connectivity index (χ1v) is 12.8. The van der Waals surface area contributed by atoms with Crippen LogP contribution in [0.5, 0.6) is 0 Å². The fraction of sp³-hybridized carbons (Fsp3) is 0.464. The minimum atomic E-state index is 0.0911. The first kappa shape index (κ1) is 23.5. The van der Waals surface area contributed by atoms with Crippen LogP contribution in [0.15, 0.2) is 30.7 Å². The summed E-state index contributed by atoms with van der Waals surface area (Å²) in [7, 11) is 1.81. The number of carbonyl (C=O) groups excluding carboxylic acids is 1. The highest BCUT2D eigenvalue weighted by molar-refractivity contribution is 5.92. The predicted octanol–water partition coefficient (Wildman–Crippen LogP) is 4.98. The van der Waals surface area contributed by atoms with Gasteiger partial charge >= 0.3 is 0 Å². The van der Waals surface area contributed by atoms with E-state index in [0.717, 1.165) is 36.9 Å². The number of aromatic amines is 1. The smallest absolute Gasteiger partial charge is 0.234 e. The van der Waals surface area contributed by atoms with Crippen LogP contribution >= 0.6 is 0 Å². The Hall–Kier alpha value is -3.19. The molecule has 0 unspecified atom stereocenters. The van der Waals surface area contributed by atoms with E-state index in [0.29, 0.717) is 24.4 Å². The van der Waals surface area contributed by atoms with Crippen LogP contribution in [0.1, 0.15) is 73.6 Å². The number of rotatable bonds is 6. The summed E-state index contributed by atoms with van der Waals surface area (Å²) in [4.78, 5) is 20.1. The summed E-state index contributed by atoms with van der Waals surface area (Å²) in [5.41, 5.74) is 9.61. The topological polar surface area (TPSA) is 87.1 Å². The van der Waals surface area contributed by atoms with Gasteiger partial charge in [-0.25, -0.2) is 9.50 Å². The first-order valence-electron chi connectivity index (χ1n) is 12.8. The van der Waals surface area contributed by atoms with E-state index >= 15 is 0 Å². The van der Waals surface area contributed by atoms with E-state index in [-0.39, 0.29) is 5.91 Å². The van der Waals surface area contributed by atoms with Crippen molar-refractivity contribution in [3.63, 3.8) is 0 Å². The van der Waals surface area contributed by atoms with E-state index in [1.165, 1.54) is 38.9 Å². The summed E-state index contributed by atoms with van der Waals surface area (Å²) in [6, 6.07) is 7.23. The van der Waals surface area contributed by atoms with E-state index in [4.69, 9.17) is 0 Å². The standard InChI is InChI=1S/C28H36N6O/c1-16(2)26-22-12-20(19-6-9-21(10-7-19)32-25(35)13-29-5)8-11-24(22)33-27(26)23-14-34-28(30-15-31-34)18(4)17(23)3/h8,11-12,14-16,19,21,29,33H,6-7,9-10,13H2,1-5H3,(H,32,35). The van der Waals surface area contributed by atoms with Crippen molar-refractivity contribution in [2.24, 2.45) is 0 Å². The molecule has 7 nitrogen and oxygen atoms in total. The number of fused-ring (bicyclic) bond motifs is 2. The number of pyridine rings is 1. The van der Waals surface area contributed by atoms with E-state index in [1.54, 1.807) is 13.4 Å². The SMILES string of the molecule is CNCC(=O)NC1CCC(c2ccc3[nH]c(-c4cn5ncnc5c(C)c4C)c(C(C)C)c3c2)CC1. The van der Waals surface area contributed by atoms with Crippen LogP contribution in [-0.4, -0.2) is 45.1 Å². The molecule has 7 heteroatoms. The zero-order valence-corrected chi connectivity index (χ0v) is 21.4. The average Bonchev–Trinajstić information content (AvgIpc) is 3.46. The maximum absolute atomic E-state index is 11.9. The second-order valence-electron chi connectivity index (χ2n) is 10.3. The summed E-state index contributed by atoms with van der Waals surface area (Å²) in [5, 5.41) is 11.8. The summed E-state index contributed by atoms with van der Waals surface area (Å²) < 4.78 is 1.88. The van der Waals surface area contributed by atoms with E-state index in [9.17, 15) is 4.79 Å². The lowest BCUT2D eigenvalue weighted by Crippen LogP contribution is -2.41. The maximum Gasteiger partial charge on any atom is 0.234 e. The number of H-pyrrole nitrogens is 1. The van der Waals surface area contributed by atoms with Gasteiger partial charge in [-0.1, -0.05) is 19.9 Å². The van der Waals surface area contributed by atoms with Crippen LogP contribution in [0.3, 0.4) is 0 Å². The van der Waals surface area contributed by atoms with E-state index in [2.05, 4.69) is 77.8 Å². The number of amides is 1. The molecule has 4 aromatic rings. The van der Waals surface area contributed by atoms with Gasteiger partial charge in [0.2, 0.25) is 5.91 Å². The van der Waals surface area contributed by atoms with Crippen molar-refractivity contribution in [2.75, 3.05) is 13.6 Å². The fourth-order valence-corrected chi connectivity index (χ4v) is 5.76. The minimum absolute atomic E-state index is 0.0911. The summed E-state index contributed by atoms with van der Waals surface area (Å²) in [5.74, 6) is 0.998. The lowest BCUT2D eigenvalue weighted by atomic mass is 9.81. The van der Waals surface area contributed by atoms with Crippen molar-refractivity contribution in [2.45, 2.75) is 71.3 Å². The summed E-state index contributed by atoms with van der Waals surface area (Å²) in [6.45, 7) is 9.22. The molecule has 0 spiro atoms. The number of aryl methyl sites for hydroxylation is 1. The number of nitrogens with zero attached hydrogens (tertiary/aromatic N) is 3. The Morgan fingerprint density at radius 1 is 1.17 bits per heavy atom. The molecule has 0 bridgehead atoms. The third-order valence-corrected chi connectivity index (χ3v) is 7.74. The van der Waals surface area contributed by atoms with Crippen LogP contribution in [0.25, 0.3) is 27.8 Å². The Balaban J connectivity index is 1.47. The Bertz CT molecular complexity index is 1370. The van der Waals surface area contributed by atoms with Gasteiger partial charge in [-0.15, -0.1) is 0 Å². The molecule has 1 aliphatic rings. The third kappa shape index (κ3) is 4.33. The van der Waals surface area contributed by atoms with Crippen LogP contribution < -0.4 is 10.6 Å².